The van der Waals surface area contributed by atoms with Crippen molar-refractivity contribution in [3.8, 4) is 11.8 Å². The summed E-state index contributed by atoms with van der Waals surface area (Å²) in [5.41, 5.74) is 1.29. The highest BCUT2D eigenvalue weighted by Gasteiger charge is 2.34. The van der Waals surface area contributed by atoms with Crippen molar-refractivity contribution in [2.24, 2.45) is 5.92 Å². The van der Waals surface area contributed by atoms with Crippen molar-refractivity contribution in [1.29, 1.82) is 5.26 Å². The monoisotopic (exact) mass is 377 g/mol. The molecule has 2 N–H and O–H groups in total. The van der Waals surface area contributed by atoms with E-state index in [0.29, 0.717) is 11.5 Å². The van der Waals surface area contributed by atoms with E-state index in [4.69, 9.17) is 0 Å². The van der Waals surface area contributed by atoms with Crippen LogP contribution in [0.4, 0.5) is 0 Å². The highest BCUT2D eigenvalue weighted by atomic mass is 79.9. The second kappa shape index (κ2) is 7.65. The number of hydrogen-bond acceptors (Lipinski definition) is 4. The van der Waals surface area contributed by atoms with Crippen LogP contribution in [0.3, 0.4) is 0 Å². The molecule has 1 atom stereocenters. The van der Waals surface area contributed by atoms with Crippen LogP contribution in [0.5, 0.6) is 5.75 Å². The van der Waals surface area contributed by atoms with E-state index in [1.54, 1.807) is 6.07 Å². The van der Waals surface area contributed by atoms with Gasteiger partial charge in [-0.3, -0.25) is 4.90 Å². The van der Waals surface area contributed by atoms with Gasteiger partial charge in [-0.25, -0.2) is 0 Å². The number of aromatic hydroxyl groups is 1. The van der Waals surface area contributed by atoms with Crippen molar-refractivity contribution in [2.45, 2.75) is 38.1 Å². The van der Waals surface area contributed by atoms with Crippen molar-refractivity contribution < 1.29 is 5.11 Å². The van der Waals surface area contributed by atoms with Gasteiger partial charge in [0, 0.05) is 42.3 Å². The van der Waals surface area contributed by atoms with Gasteiger partial charge in [-0.1, -0.05) is 35.2 Å². The minimum absolute atomic E-state index is 0.163. The van der Waals surface area contributed by atoms with Crippen LogP contribution in [0, 0.1) is 17.2 Å². The van der Waals surface area contributed by atoms with Crippen molar-refractivity contribution in [2.75, 3.05) is 26.2 Å². The Balaban J connectivity index is 2.02. The van der Waals surface area contributed by atoms with Crippen LogP contribution in [0.2, 0.25) is 0 Å². The summed E-state index contributed by atoms with van der Waals surface area (Å²) in [5, 5.41) is 23.4. The number of rotatable bonds is 3. The first-order valence-electron chi connectivity index (χ1n) is 8.58. The summed E-state index contributed by atoms with van der Waals surface area (Å²) in [6.07, 6.45) is 6.26. The molecule has 1 heterocycles. The Morgan fingerprint density at radius 2 is 1.91 bits per heavy atom. The van der Waals surface area contributed by atoms with Crippen LogP contribution in [0.1, 0.15) is 49.3 Å². The van der Waals surface area contributed by atoms with E-state index < -0.39 is 0 Å². The van der Waals surface area contributed by atoms with Gasteiger partial charge in [-0.2, -0.15) is 5.26 Å². The number of nitrogens with zero attached hydrogens (tertiary/aromatic N) is 2. The number of nitrogens with one attached hydrogen (secondary N) is 1. The summed E-state index contributed by atoms with van der Waals surface area (Å²) in [4.78, 5) is 2.49. The lowest BCUT2D eigenvalue weighted by Crippen LogP contribution is -2.47. The zero-order valence-electron chi connectivity index (χ0n) is 13.4. The fourth-order valence-electron chi connectivity index (χ4n) is 4.08. The summed E-state index contributed by atoms with van der Waals surface area (Å²) in [7, 11) is 0. The topological polar surface area (TPSA) is 59.3 Å². The average Bonchev–Trinajstić information content (AvgIpc) is 2.60. The zero-order valence-corrected chi connectivity index (χ0v) is 15.0. The number of nitriles is 1. The summed E-state index contributed by atoms with van der Waals surface area (Å²) < 4.78 is 0.920. The number of piperazine rings is 1. The van der Waals surface area contributed by atoms with E-state index in [1.165, 1.54) is 32.1 Å². The Bertz CT molecular complexity index is 569. The van der Waals surface area contributed by atoms with Gasteiger partial charge in [0.2, 0.25) is 0 Å². The molecule has 0 spiro atoms. The molecule has 2 fully saturated rings. The number of benzene rings is 1. The third-order valence-electron chi connectivity index (χ3n) is 5.22. The molecule has 1 aromatic rings. The Kier molecular flexibility index (Phi) is 5.58. The lowest BCUT2D eigenvalue weighted by Gasteiger charge is -2.41. The molecule has 1 aliphatic carbocycles. The Labute approximate surface area is 146 Å². The maximum Gasteiger partial charge on any atom is 0.139 e. The van der Waals surface area contributed by atoms with E-state index in [1.807, 2.05) is 6.07 Å². The second-order valence-electron chi connectivity index (χ2n) is 6.60. The highest BCUT2D eigenvalue weighted by molar-refractivity contribution is 9.10. The van der Waals surface area contributed by atoms with Gasteiger partial charge in [0.1, 0.15) is 11.8 Å². The van der Waals surface area contributed by atoms with Crippen LogP contribution in [-0.2, 0) is 0 Å². The van der Waals surface area contributed by atoms with Crippen molar-refractivity contribution in [3.05, 3.63) is 27.7 Å². The molecule has 1 saturated carbocycles. The zero-order chi connectivity index (χ0) is 16.2. The van der Waals surface area contributed by atoms with Crippen LogP contribution in [0.15, 0.2) is 16.6 Å². The number of halogens is 1. The number of hydrogen-bond donors (Lipinski definition) is 2. The van der Waals surface area contributed by atoms with E-state index in [-0.39, 0.29) is 11.8 Å². The molecule has 3 rings (SSSR count). The second-order valence-corrected chi connectivity index (χ2v) is 7.45. The van der Waals surface area contributed by atoms with Gasteiger partial charge in [0.05, 0.1) is 5.56 Å². The largest absolute Gasteiger partial charge is 0.506 e. The van der Waals surface area contributed by atoms with Crippen LogP contribution >= 0.6 is 15.9 Å². The SMILES string of the molecule is N#Cc1ccc(Br)c([C@@H](C2CCCCC2)N2CCNCC2)c1O. The summed E-state index contributed by atoms with van der Waals surface area (Å²) in [6, 6.07) is 5.92. The van der Waals surface area contributed by atoms with Gasteiger partial charge >= 0.3 is 0 Å². The lowest BCUT2D eigenvalue weighted by atomic mass is 9.79. The third-order valence-corrected chi connectivity index (χ3v) is 5.91. The molecular formula is C18H24BrN3O. The molecular weight excluding hydrogens is 354 g/mol. The standard InChI is InChI=1S/C18H24BrN3O/c19-15-7-6-14(12-20)18(23)16(15)17(13-4-2-1-3-5-13)22-10-8-21-9-11-22/h6-7,13,17,21,23H,1-5,8-11H2/t17-/m1/s1. The predicted octanol–water partition coefficient (Wildman–Crippen LogP) is 3.55. The normalized spacial score (nSPS) is 21.7. The van der Waals surface area contributed by atoms with Gasteiger partial charge in [-0.15, -0.1) is 0 Å². The maximum atomic E-state index is 10.7. The van der Waals surface area contributed by atoms with Crippen LogP contribution < -0.4 is 5.32 Å². The molecule has 0 bridgehead atoms. The Morgan fingerprint density at radius 1 is 1.22 bits per heavy atom. The van der Waals surface area contributed by atoms with E-state index in [2.05, 4.69) is 32.2 Å². The van der Waals surface area contributed by atoms with Gasteiger partial charge < -0.3 is 10.4 Å². The van der Waals surface area contributed by atoms with E-state index >= 15 is 0 Å². The van der Waals surface area contributed by atoms with Crippen LogP contribution in [0.25, 0.3) is 0 Å². The summed E-state index contributed by atoms with van der Waals surface area (Å²) >= 11 is 3.63. The van der Waals surface area contributed by atoms with Crippen LogP contribution in [-0.4, -0.2) is 36.2 Å². The molecule has 0 amide bonds. The summed E-state index contributed by atoms with van der Waals surface area (Å²) in [6.45, 7) is 3.95. The fourth-order valence-corrected chi connectivity index (χ4v) is 4.64. The molecule has 1 aliphatic heterocycles. The number of phenols is 1. The molecule has 1 aromatic carbocycles. The fraction of sp³-hybridized carbons (Fsp3) is 0.611. The Morgan fingerprint density at radius 3 is 2.57 bits per heavy atom. The summed E-state index contributed by atoms with van der Waals surface area (Å²) in [5.74, 6) is 0.717. The lowest BCUT2D eigenvalue weighted by molar-refractivity contribution is 0.101. The highest BCUT2D eigenvalue weighted by Crippen LogP contribution is 2.45. The number of phenolic OH excluding ortho intramolecular Hbond substituents is 1. The van der Waals surface area contributed by atoms with E-state index in [0.717, 1.165) is 36.2 Å². The van der Waals surface area contributed by atoms with E-state index in [9.17, 15) is 10.4 Å². The first-order chi connectivity index (χ1) is 11.2. The molecule has 5 heteroatoms. The first kappa shape index (κ1) is 16.8. The molecule has 124 valence electrons. The van der Waals surface area contributed by atoms with Crippen molar-refractivity contribution >= 4 is 15.9 Å². The maximum absolute atomic E-state index is 10.7. The Hall–Kier alpha value is -1.09. The van der Waals surface area contributed by atoms with Gasteiger partial charge in [0.15, 0.2) is 0 Å². The minimum Gasteiger partial charge on any atom is -0.506 e. The van der Waals surface area contributed by atoms with Crippen molar-refractivity contribution in [3.63, 3.8) is 0 Å². The average molecular weight is 378 g/mol. The molecule has 0 unspecified atom stereocenters. The molecule has 0 aromatic heterocycles. The van der Waals surface area contributed by atoms with Gasteiger partial charge in [0.25, 0.3) is 0 Å². The smallest absolute Gasteiger partial charge is 0.139 e. The molecule has 4 nitrogen and oxygen atoms in total. The first-order valence-corrected chi connectivity index (χ1v) is 9.38. The van der Waals surface area contributed by atoms with Gasteiger partial charge in [-0.05, 0) is 30.9 Å². The molecule has 0 radical (unpaired) electrons. The predicted molar refractivity (Wildman–Crippen MR) is 94.3 cm³/mol. The quantitative estimate of drug-likeness (QED) is 0.845. The molecule has 23 heavy (non-hydrogen) atoms. The molecule has 2 aliphatic rings. The third kappa shape index (κ3) is 3.55. The minimum atomic E-state index is 0.163. The van der Waals surface area contributed by atoms with Crippen molar-refractivity contribution in [1.82, 2.24) is 10.2 Å². The molecule has 1 saturated heterocycles.